The first-order valence-electron chi connectivity index (χ1n) is 7.65. The summed E-state index contributed by atoms with van der Waals surface area (Å²) in [4.78, 5) is 14.1. The lowest BCUT2D eigenvalue weighted by Gasteiger charge is -2.24. The van der Waals surface area contributed by atoms with Crippen molar-refractivity contribution in [1.82, 2.24) is 14.7 Å². The van der Waals surface area contributed by atoms with Crippen molar-refractivity contribution in [2.24, 2.45) is 0 Å². The largest absolute Gasteiger partial charge is 0.325 e. The topological polar surface area (TPSA) is 50.2 Å². The molecular formula is C16H28N4O. The molecule has 21 heavy (non-hydrogen) atoms. The summed E-state index contributed by atoms with van der Waals surface area (Å²) in [5.41, 5.74) is 0.768. The molecule has 1 aromatic rings. The lowest BCUT2D eigenvalue weighted by atomic mass is 9.92. The minimum absolute atomic E-state index is 0.0433. The predicted octanol–water partition coefficient (Wildman–Crippen LogP) is 3.56. The first-order valence-corrected chi connectivity index (χ1v) is 7.65. The van der Waals surface area contributed by atoms with Gasteiger partial charge in [0.1, 0.15) is 5.82 Å². The van der Waals surface area contributed by atoms with Crippen LogP contribution in [0.25, 0.3) is 0 Å². The fourth-order valence-electron chi connectivity index (χ4n) is 2.17. The average Bonchev–Trinajstić information content (AvgIpc) is 3.06. The van der Waals surface area contributed by atoms with Gasteiger partial charge in [0.2, 0.25) is 0 Å². The van der Waals surface area contributed by atoms with Crippen LogP contribution < -0.4 is 5.32 Å². The van der Waals surface area contributed by atoms with Gasteiger partial charge in [-0.25, -0.2) is 9.48 Å². The first-order chi connectivity index (χ1) is 9.50. The number of amides is 2. The fourth-order valence-corrected chi connectivity index (χ4v) is 2.17. The Labute approximate surface area is 127 Å². The maximum atomic E-state index is 12.3. The Balaban J connectivity index is 2.28. The summed E-state index contributed by atoms with van der Waals surface area (Å²) in [7, 11) is 1.86. The highest BCUT2D eigenvalue weighted by Gasteiger charge is 2.31. The van der Waals surface area contributed by atoms with Crippen molar-refractivity contribution in [3.63, 3.8) is 0 Å². The zero-order valence-corrected chi connectivity index (χ0v) is 14.3. The summed E-state index contributed by atoms with van der Waals surface area (Å²) in [5, 5.41) is 7.73. The van der Waals surface area contributed by atoms with Crippen molar-refractivity contribution >= 4 is 11.8 Å². The standard InChI is InChI=1S/C16H28N4O/c1-15(2,3)12-10-13(20(18-12)16(4,5)6)17-14(21)19(7)11-8-9-11/h10-11H,8-9H2,1-7H3,(H,17,21). The molecule has 1 heterocycles. The summed E-state index contributed by atoms with van der Waals surface area (Å²) in [5.74, 6) is 0.768. The van der Waals surface area contributed by atoms with Crippen LogP contribution in [0.4, 0.5) is 10.6 Å². The third kappa shape index (κ3) is 3.57. The van der Waals surface area contributed by atoms with E-state index in [1.807, 2.05) is 17.8 Å². The summed E-state index contributed by atoms with van der Waals surface area (Å²) >= 11 is 0. The van der Waals surface area contributed by atoms with Crippen molar-refractivity contribution in [3.05, 3.63) is 11.8 Å². The van der Waals surface area contributed by atoms with E-state index in [2.05, 4.69) is 46.9 Å². The SMILES string of the molecule is CN(C(=O)Nc1cc(C(C)(C)C)nn1C(C)(C)C)C1CC1. The number of hydrogen-bond donors (Lipinski definition) is 1. The highest BCUT2D eigenvalue weighted by Crippen LogP contribution is 2.29. The van der Waals surface area contributed by atoms with Gasteiger partial charge in [0.15, 0.2) is 0 Å². The predicted molar refractivity (Wildman–Crippen MR) is 85.7 cm³/mol. The zero-order chi connectivity index (χ0) is 16.0. The normalized spacial score (nSPS) is 16.0. The number of rotatable bonds is 2. The van der Waals surface area contributed by atoms with E-state index >= 15 is 0 Å². The molecule has 1 aromatic heterocycles. The number of aromatic nitrogens is 2. The van der Waals surface area contributed by atoms with Crippen molar-refractivity contribution in [1.29, 1.82) is 0 Å². The van der Waals surface area contributed by atoms with Crippen LogP contribution in [0, 0.1) is 0 Å². The lowest BCUT2D eigenvalue weighted by Crippen LogP contribution is -2.35. The van der Waals surface area contributed by atoms with Crippen LogP contribution in [-0.2, 0) is 11.0 Å². The first kappa shape index (κ1) is 15.9. The van der Waals surface area contributed by atoms with E-state index in [1.165, 1.54) is 0 Å². The third-order valence-electron chi connectivity index (χ3n) is 3.76. The van der Waals surface area contributed by atoms with Crippen LogP contribution in [-0.4, -0.2) is 33.8 Å². The Morgan fingerprint density at radius 1 is 1.29 bits per heavy atom. The molecule has 1 saturated carbocycles. The molecule has 0 saturated heterocycles. The monoisotopic (exact) mass is 292 g/mol. The summed E-state index contributed by atoms with van der Waals surface area (Å²) in [6, 6.07) is 2.34. The van der Waals surface area contributed by atoms with E-state index in [9.17, 15) is 4.79 Å². The van der Waals surface area contributed by atoms with E-state index in [4.69, 9.17) is 5.10 Å². The van der Waals surface area contributed by atoms with Gasteiger partial charge in [-0.05, 0) is 33.6 Å². The van der Waals surface area contributed by atoms with Gasteiger partial charge in [-0.2, -0.15) is 5.10 Å². The van der Waals surface area contributed by atoms with E-state index in [0.717, 1.165) is 24.4 Å². The van der Waals surface area contributed by atoms with Crippen LogP contribution in [0.2, 0.25) is 0 Å². The fraction of sp³-hybridized carbons (Fsp3) is 0.750. The molecule has 1 aliphatic carbocycles. The molecule has 0 spiro atoms. The second-order valence-electron chi connectivity index (χ2n) is 8.02. The average molecular weight is 292 g/mol. The summed E-state index contributed by atoms with van der Waals surface area (Å²) in [6.45, 7) is 12.7. The molecule has 0 aliphatic heterocycles. The van der Waals surface area contributed by atoms with Gasteiger partial charge in [-0.15, -0.1) is 0 Å². The molecule has 0 atom stereocenters. The number of hydrogen-bond acceptors (Lipinski definition) is 2. The van der Waals surface area contributed by atoms with E-state index < -0.39 is 0 Å². The molecule has 5 nitrogen and oxygen atoms in total. The highest BCUT2D eigenvalue weighted by molar-refractivity contribution is 5.88. The quantitative estimate of drug-likeness (QED) is 0.906. The molecule has 0 bridgehead atoms. The van der Waals surface area contributed by atoms with Crippen LogP contribution >= 0.6 is 0 Å². The Kier molecular flexibility index (Phi) is 3.80. The molecule has 1 fully saturated rings. The molecule has 118 valence electrons. The number of urea groups is 1. The summed E-state index contributed by atoms with van der Waals surface area (Å²) < 4.78 is 1.91. The molecule has 0 radical (unpaired) electrons. The second kappa shape index (κ2) is 5.04. The van der Waals surface area contributed by atoms with E-state index in [0.29, 0.717) is 6.04 Å². The molecule has 2 amide bonds. The molecule has 0 unspecified atom stereocenters. The molecular weight excluding hydrogens is 264 g/mol. The molecule has 2 rings (SSSR count). The van der Waals surface area contributed by atoms with Gasteiger partial charge >= 0.3 is 6.03 Å². The smallest absolute Gasteiger partial charge is 0.322 e. The maximum absolute atomic E-state index is 12.3. The Morgan fingerprint density at radius 3 is 2.29 bits per heavy atom. The third-order valence-corrected chi connectivity index (χ3v) is 3.76. The van der Waals surface area contributed by atoms with Crippen molar-refractivity contribution in [2.45, 2.75) is 71.4 Å². The Hall–Kier alpha value is -1.52. The molecule has 1 aliphatic rings. The number of carbonyl (C=O) groups is 1. The number of carbonyl (C=O) groups excluding carboxylic acids is 1. The molecule has 5 heteroatoms. The second-order valence-corrected chi connectivity index (χ2v) is 8.02. The van der Waals surface area contributed by atoms with Crippen LogP contribution in [0.5, 0.6) is 0 Å². The zero-order valence-electron chi connectivity index (χ0n) is 14.3. The highest BCUT2D eigenvalue weighted by atomic mass is 16.2. The number of nitrogens with one attached hydrogen (secondary N) is 1. The minimum Gasteiger partial charge on any atom is -0.325 e. The van der Waals surface area contributed by atoms with E-state index in [-0.39, 0.29) is 17.0 Å². The van der Waals surface area contributed by atoms with Gasteiger partial charge in [0.05, 0.1) is 11.2 Å². The number of nitrogens with zero attached hydrogens (tertiary/aromatic N) is 3. The van der Waals surface area contributed by atoms with Crippen LogP contribution in [0.15, 0.2) is 6.07 Å². The number of anilines is 1. The molecule has 0 aromatic carbocycles. The van der Waals surface area contributed by atoms with Crippen molar-refractivity contribution < 1.29 is 4.79 Å². The van der Waals surface area contributed by atoms with Gasteiger partial charge in [-0.1, -0.05) is 20.8 Å². The van der Waals surface area contributed by atoms with Gasteiger partial charge < -0.3 is 4.90 Å². The summed E-state index contributed by atoms with van der Waals surface area (Å²) in [6.07, 6.45) is 2.21. The van der Waals surface area contributed by atoms with Crippen molar-refractivity contribution in [2.75, 3.05) is 12.4 Å². The van der Waals surface area contributed by atoms with Crippen molar-refractivity contribution in [3.8, 4) is 0 Å². The molecule has 1 N–H and O–H groups in total. The maximum Gasteiger partial charge on any atom is 0.322 e. The van der Waals surface area contributed by atoms with Gasteiger partial charge in [0, 0.05) is 24.6 Å². The van der Waals surface area contributed by atoms with Crippen LogP contribution in [0.3, 0.4) is 0 Å². The Morgan fingerprint density at radius 2 is 1.86 bits per heavy atom. The minimum atomic E-state index is -0.176. The lowest BCUT2D eigenvalue weighted by molar-refractivity contribution is 0.220. The van der Waals surface area contributed by atoms with E-state index in [1.54, 1.807) is 4.90 Å². The van der Waals surface area contributed by atoms with Gasteiger partial charge in [0.25, 0.3) is 0 Å². The van der Waals surface area contributed by atoms with Gasteiger partial charge in [-0.3, -0.25) is 5.32 Å². The Bertz CT molecular complexity index is 529. The van der Waals surface area contributed by atoms with Crippen LogP contribution in [0.1, 0.15) is 60.1 Å².